The van der Waals surface area contributed by atoms with Crippen LogP contribution in [0.4, 0.5) is 5.69 Å². The van der Waals surface area contributed by atoms with E-state index in [0.29, 0.717) is 5.41 Å². The highest BCUT2D eigenvalue weighted by Gasteiger charge is 2.34. The van der Waals surface area contributed by atoms with Crippen LogP contribution in [-0.2, 0) is 0 Å². The second-order valence-corrected chi connectivity index (χ2v) is 5.79. The Bertz CT molecular complexity index is 382. The first-order chi connectivity index (χ1) is 9.19. The van der Waals surface area contributed by atoms with Crippen LogP contribution >= 0.6 is 0 Å². The predicted molar refractivity (Wildman–Crippen MR) is 81.1 cm³/mol. The van der Waals surface area contributed by atoms with Gasteiger partial charge in [0.25, 0.3) is 0 Å². The van der Waals surface area contributed by atoms with Crippen LogP contribution in [0, 0.1) is 5.41 Å². The minimum absolute atomic E-state index is 0.448. The Labute approximate surface area is 116 Å². The fraction of sp³-hybridized carbons (Fsp3) is 0.625. The van der Waals surface area contributed by atoms with Crippen molar-refractivity contribution in [2.45, 2.75) is 25.7 Å². The zero-order chi connectivity index (χ0) is 13.7. The number of benzene rings is 1. The fourth-order valence-electron chi connectivity index (χ4n) is 3.32. The van der Waals surface area contributed by atoms with Gasteiger partial charge in [0, 0.05) is 31.2 Å². The summed E-state index contributed by atoms with van der Waals surface area (Å²) in [4.78, 5) is 2.38. The van der Waals surface area contributed by atoms with Crippen LogP contribution in [0.1, 0.15) is 25.7 Å². The summed E-state index contributed by atoms with van der Waals surface area (Å²) in [7, 11) is 5.96. The van der Waals surface area contributed by atoms with E-state index in [9.17, 15) is 0 Å². The molecule has 1 N–H and O–H groups in total. The SMILES string of the molecule is CNCC1(CN(C)c2ccc(OC)cc2)CCCC1. The van der Waals surface area contributed by atoms with Gasteiger partial charge in [0.15, 0.2) is 0 Å². The number of hydrogen-bond acceptors (Lipinski definition) is 3. The van der Waals surface area contributed by atoms with E-state index in [-0.39, 0.29) is 0 Å². The number of nitrogens with one attached hydrogen (secondary N) is 1. The van der Waals surface area contributed by atoms with E-state index in [1.165, 1.54) is 31.4 Å². The molecule has 1 saturated carbocycles. The van der Waals surface area contributed by atoms with Crippen LogP contribution in [0.25, 0.3) is 0 Å². The van der Waals surface area contributed by atoms with Crippen molar-refractivity contribution in [1.82, 2.24) is 5.32 Å². The molecular formula is C16H26N2O. The van der Waals surface area contributed by atoms with Crippen molar-refractivity contribution >= 4 is 5.69 Å². The Hall–Kier alpha value is -1.22. The molecule has 1 aliphatic carbocycles. The Morgan fingerprint density at radius 3 is 2.37 bits per heavy atom. The summed E-state index contributed by atoms with van der Waals surface area (Å²) < 4.78 is 5.21. The molecule has 106 valence electrons. The van der Waals surface area contributed by atoms with Crippen LogP contribution in [0.15, 0.2) is 24.3 Å². The highest BCUT2D eigenvalue weighted by Crippen LogP contribution is 2.38. The number of rotatable bonds is 6. The summed E-state index contributed by atoms with van der Waals surface area (Å²) in [5.74, 6) is 0.919. The van der Waals surface area contributed by atoms with Crippen molar-refractivity contribution in [3.8, 4) is 5.75 Å². The highest BCUT2D eigenvalue weighted by molar-refractivity contribution is 5.48. The third-order valence-corrected chi connectivity index (χ3v) is 4.30. The summed E-state index contributed by atoms with van der Waals surface area (Å²) in [5, 5.41) is 3.38. The van der Waals surface area contributed by atoms with Crippen molar-refractivity contribution in [1.29, 1.82) is 0 Å². The molecule has 19 heavy (non-hydrogen) atoms. The first-order valence-electron chi connectivity index (χ1n) is 7.19. The van der Waals surface area contributed by atoms with E-state index in [0.717, 1.165) is 18.8 Å². The molecule has 1 aromatic rings. The van der Waals surface area contributed by atoms with Gasteiger partial charge in [-0.05, 0) is 44.2 Å². The van der Waals surface area contributed by atoms with Gasteiger partial charge in [-0.25, -0.2) is 0 Å². The zero-order valence-corrected chi connectivity index (χ0v) is 12.4. The lowest BCUT2D eigenvalue weighted by atomic mass is 9.85. The Morgan fingerprint density at radius 2 is 1.84 bits per heavy atom. The molecule has 1 aliphatic rings. The van der Waals surface area contributed by atoms with Gasteiger partial charge < -0.3 is 15.0 Å². The predicted octanol–water partition coefficient (Wildman–Crippen LogP) is 2.91. The van der Waals surface area contributed by atoms with E-state index in [4.69, 9.17) is 4.74 Å². The Balaban J connectivity index is 2.03. The monoisotopic (exact) mass is 262 g/mol. The van der Waals surface area contributed by atoms with Crippen molar-refractivity contribution in [2.75, 3.05) is 39.2 Å². The van der Waals surface area contributed by atoms with Crippen molar-refractivity contribution in [3.05, 3.63) is 24.3 Å². The second kappa shape index (κ2) is 6.29. The van der Waals surface area contributed by atoms with E-state index >= 15 is 0 Å². The van der Waals surface area contributed by atoms with E-state index in [1.807, 2.05) is 12.1 Å². The lowest BCUT2D eigenvalue weighted by Crippen LogP contribution is -2.40. The molecule has 0 aromatic heterocycles. The first kappa shape index (κ1) is 14.2. The minimum atomic E-state index is 0.448. The van der Waals surface area contributed by atoms with Crippen LogP contribution < -0.4 is 15.0 Å². The van der Waals surface area contributed by atoms with Crippen molar-refractivity contribution in [3.63, 3.8) is 0 Å². The van der Waals surface area contributed by atoms with Gasteiger partial charge in [-0.3, -0.25) is 0 Å². The fourth-order valence-corrected chi connectivity index (χ4v) is 3.32. The number of methoxy groups -OCH3 is 1. The van der Waals surface area contributed by atoms with E-state index in [2.05, 4.69) is 36.4 Å². The normalized spacial score (nSPS) is 17.4. The number of ether oxygens (including phenoxy) is 1. The van der Waals surface area contributed by atoms with Gasteiger partial charge in [-0.1, -0.05) is 12.8 Å². The summed E-state index contributed by atoms with van der Waals surface area (Å²) >= 11 is 0. The maximum Gasteiger partial charge on any atom is 0.119 e. The van der Waals surface area contributed by atoms with Gasteiger partial charge in [0.2, 0.25) is 0 Å². The zero-order valence-electron chi connectivity index (χ0n) is 12.4. The minimum Gasteiger partial charge on any atom is -0.497 e. The van der Waals surface area contributed by atoms with Crippen LogP contribution in [-0.4, -0.2) is 34.3 Å². The average molecular weight is 262 g/mol. The third-order valence-electron chi connectivity index (χ3n) is 4.30. The summed E-state index contributed by atoms with van der Waals surface area (Å²) in [6.45, 7) is 2.24. The molecule has 0 bridgehead atoms. The largest absolute Gasteiger partial charge is 0.497 e. The van der Waals surface area contributed by atoms with Crippen LogP contribution in [0.3, 0.4) is 0 Å². The molecule has 1 aromatic carbocycles. The summed E-state index contributed by atoms with van der Waals surface area (Å²) in [6.07, 6.45) is 5.43. The van der Waals surface area contributed by atoms with Crippen molar-refractivity contribution < 1.29 is 4.74 Å². The number of anilines is 1. The molecule has 0 aliphatic heterocycles. The van der Waals surface area contributed by atoms with Gasteiger partial charge >= 0.3 is 0 Å². The standard InChI is InChI=1S/C16H26N2O/c1-17-12-16(10-4-5-11-16)13-18(2)14-6-8-15(19-3)9-7-14/h6-9,17H,4-5,10-13H2,1-3H3. The molecule has 0 saturated heterocycles. The molecule has 0 radical (unpaired) electrons. The summed E-state index contributed by atoms with van der Waals surface area (Å²) in [6, 6.07) is 8.35. The summed E-state index contributed by atoms with van der Waals surface area (Å²) in [5.41, 5.74) is 1.71. The smallest absolute Gasteiger partial charge is 0.119 e. The second-order valence-electron chi connectivity index (χ2n) is 5.79. The molecule has 0 unspecified atom stereocenters. The Morgan fingerprint density at radius 1 is 1.21 bits per heavy atom. The van der Waals surface area contributed by atoms with E-state index in [1.54, 1.807) is 7.11 Å². The molecule has 1 fully saturated rings. The molecule has 2 rings (SSSR count). The highest BCUT2D eigenvalue weighted by atomic mass is 16.5. The average Bonchev–Trinajstić information content (AvgIpc) is 2.87. The lowest BCUT2D eigenvalue weighted by Gasteiger charge is -2.34. The maximum atomic E-state index is 5.21. The maximum absolute atomic E-state index is 5.21. The van der Waals surface area contributed by atoms with E-state index < -0.39 is 0 Å². The van der Waals surface area contributed by atoms with Crippen LogP contribution in [0.5, 0.6) is 5.75 Å². The first-order valence-corrected chi connectivity index (χ1v) is 7.19. The molecule has 0 amide bonds. The molecule has 0 heterocycles. The quantitative estimate of drug-likeness (QED) is 0.853. The molecule has 0 atom stereocenters. The lowest BCUT2D eigenvalue weighted by molar-refractivity contribution is 0.295. The van der Waals surface area contributed by atoms with Gasteiger partial charge in [0.05, 0.1) is 7.11 Å². The third kappa shape index (κ3) is 3.41. The molecule has 0 spiro atoms. The molecule has 3 heteroatoms. The van der Waals surface area contributed by atoms with Gasteiger partial charge in [-0.15, -0.1) is 0 Å². The van der Waals surface area contributed by atoms with Gasteiger partial charge in [-0.2, -0.15) is 0 Å². The number of hydrogen-bond donors (Lipinski definition) is 1. The van der Waals surface area contributed by atoms with Gasteiger partial charge in [0.1, 0.15) is 5.75 Å². The number of nitrogens with zero attached hydrogens (tertiary/aromatic N) is 1. The molecule has 3 nitrogen and oxygen atoms in total. The Kier molecular flexibility index (Phi) is 4.70. The molecular weight excluding hydrogens is 236 g/mol. The topological polar surface area (TPSA) is 24.5 Å². The van der Waals surface area contributed by atoms with Crippen LogP contribution in [0.2, 0.25) is 0 Å². The van der Waals surface area contributed by atoms with Crippen molar-refractivity contribution in [2.24, 2.45) is 5.41 Å².